The molecule has 0 fully saturated rings. The highest BCUT2D eigenvalue weighted by atomic mass is 31.1. The Balaban J connectivity index is -0.000000328. The molecule has 104 valence electrons. The van der Waals surface area contributed by atoms with E-state index in [4.69, 9.17) is 4.79 Å². The van der Waals surface area contributed by atoms with Crippen LogP contribution in [-0.2, 0) is 4.79 Å². The van der Waals surface area contributed by atoms with Crippen LogP contribution in [0.5, 0.6) is 0 Å². The highest BCUT2D eigenvalue weighted by Gasteiger charge is 2.02. The van der Waals surface area contributed by atoms with E-state index >= 15 is 0 Å². The van der Waals surface area contributed by atoms with E-state index in [-0.39, 0.29) is 0 Å². The third-order valence-corrected chi connectivity index (χ3v) is 3.61. The Kier molecular flexibility index (Phi) is 22.9. The number of carbonyl (C=O) groups is 1. The van der Waals surface area contributed by atoms with Crippen molar-refractivity contribution in [2.75, 3.05) is 19.9 Å². The number of nitrogens with zero attached hydrogens (tertiary/aromatic N) is 1. The first kappa shape index (κ1) is 22.3. The third kappa shape index (κ3) is 15.1. The molecule has 18 heavy (non-hydrogen) atoms. The molecular weight excluding hydrogens is 241 g/mol. The van der Waals surface area contributed by atoms with Crippen LogP contribution < -0.4 is 0 Å². The second kappa shape index (κ2) is 18.5. The normalized spacial score (nSPS) is 24.8. The van der Waals surface area contributed by atoms with Crippen LogP contribution in [0.4, 0.5) is 0 Å². The molecule has 1 aliphatic rings. The average Bonchev–Trinajstić information content (AvgIpc) is 2.52. The summed E-state index contributed by atoms with van der Waals surface area (Å²) in [5.41, 5.74) is 2.13. The highest BCUT2D eigenvalue weighted by molar-refractivity contribution is 7.39. The van der Waals surface area contributed by atoms with Gasteiger partial charge >= 0.3 is 0 Å². The summed E-state index contributed by atoms with van der Waals surface area (Å²) in [5, 5.41) is 0. The summed E-state index contributed by atoms with van der Waals surface area (Å²) in [6.07, 6.45) is 16.1. The molecule has 0 bridgehead atoms. The molecule has 2 unspecified atom stereocenters. The molecular formula is C15H28NOP. The molecule has 1 rings (SSSR count). The lowest BCUT2D eigenvalue weighted by molar-refractivity contribution is -0.0979. The van der Waals surface area contributed by atoms with Crippen LogP contribution in [0, 0.1) is 12.8 Å². The minimum Gasteiger partial charge on any atom is -0.307 e. The lowest BCUT2D eigenvalue weighted by Crippen LogP contribution is -2.17. The molecule has 3 heteroatoms. The first-order valence-electron chi connectivity index (χ1n) is 6.07. The molecule has 0 aliphatic carbocycles. The number of allylic oxidation sites excluding steroid dienone is 3. The Morgan fingerprint density at radius 2 is 1.89 bits per heavy atom. The van der Waals surface area contributed by atoms with Crippen molar-refractivity contribution in [2.45, 2.75) is 33.4 Å². The Morgan fingerprint density at radius 1 is 1.39 bits per heavy atom. The van der Waals surface area contributed by atoms with Crippen molar-refractivity contribution in [1.82, 2.24) is 4.90 Å². The van der Waals surface area contributed by atoms with Crippen LogP contribution in [0.1, 0.15) is 27.7 Å². The largest absolute Gasteiger partial charge is 0.307 e. The molecule has 0 spiro atoms. The van der Waals surface area contributed by atoms with E-state index in [9.17, 15) is 0 Å². The van der Waals surface area contributed by atoms with Gasteiger partial charge in [-0.2, -0.15) is 0 Å². The number of likely N-dealkylation sites (N-methyl/N-ethyl adjacent to an activating group) is 1. The second-order valence-electron chi connectivity index (χ2n) is 3.50. The standard InChI is InChI=1S/C10H18NP.C2H6.C2H2.CH2O/c1-9-4-5-10(2)12-8-11(3)7-6-9;3*1-2/h4-6,10,12H,7-8H2,1-3H3;1-2H3;1-2H;1H2/b5-4-,9-6-;;;. The van der Waals surface area contributed by atoms with Crippen LogP contribution in [-0.4, -0.2) is 37.2 Å². The average molecular weight is 269 g/mol. The van der Waals surface area contributed by atoms with Crippen molar-refractivity contribution >= 4 is 15.4 Å². The Hall–Kier alpha value is -0.900. The van der Waals surface area contributed by atoms with Crippen LogP contribution >= 0.6 is 8.58 Å². The monoisotopic (exact) mass is 269 g/mol. The molecule has 0 aromatic heterocycles. The van der Waals surface area contributed by atoms with E-state index in [1.54, 1.807) is 0 Å². The third-order valence-electron chi connectivity index (χ3n) is 2.06. The van der Waals surface area contributed by atoms with Gasteiger partial charge in [0.2, 0.25) is 0 Å². The van der Waals surface area contributed by atoms with Gasteiger partial charge in [-0.3, -0.25) is 4.90 Å². The predicted octanol–water partition coefficient (Wildman–Crippen LogP) is 3.55. The quantitative estimate of drug-likeness (QED) is 0.495. The smallest absolute Gasteiger partial charge is 0.106 e. The predicted molar refractivity (Wildman–Crippen MR) is 86.5 cm³/mol. The topological polar surface area (TPSA) is 20.3 Å². The summed E-state index contributed by atoms with van der Waals surface area (Å²) in [4.78, 5) is 10.4. The van der Waals surface area contributed by atoms with Gasteiger partial charge < -0.3 is 4.79 Å². The summed E-state index contributed by atoms with van der Waals surface area (Å²) in [6, 6.07) is 0. The van der Waals surface area contributed by atoms with E-state index in [1.165, 1.54) is 11.9 Å². The fourth-order valence-corrected chi connectivity index (χ4v) is 2.06. The van der Waals surface area contributed by atoms with E-state index < -0.39 is 0 Å². The van der Waals surface area contributed by atoms with Crippen molar-refractivity contribution in [1.29, 1.82) is 0 Å². The highest BCUT2D eigenvalue weighted by Crippen LogP contribution is 2.21. The maximum absolute atomic E-state index is 8.00. The summed E-state index contributed by atoms with van der Waals surface area (Å²) >= 11 is 0. The number of rotatable bonds is 0. The van der Waals surface area contributed by atoms with Gasteiger partial charge in [-0.05, 0) is 19.6 Å². The maximum Gasteiger partial charge on any atom is 0.106 e. The molecule has 0 radical (unpaired) electrons. The zero-order valence-electron chi connectivity index (χ0n) is 12.4. The molecule has 2 nitrogen and oxygen atoms in total. The molecule has 0 saturated heterocycles. The second-order valence-corrected chi connectivity index (χ2v) is 5.13. The zero-order chi connectivity index (χ0) is 15.0. The molecule has 0 aromatic rings. The Morgan fingerprint density at radius 3 is 2.39 bits per heavy atom. The molecule has 1 aliphatic heterocycles. The fourth-order valence-electron chi connectivity index (χ4n) is 1.10. The van der Waals surface area contributed by atoms with Crippen molar-refractivity contribution in [2.24, 2.45) is 0 Å². The molecule has 0 amide bonds. The Bertz CT molecular complexity index is 246. The number of carbonyl (C=O) groups excluding carboxylic acids is 1. The SMILES string of the molecule is C#C.C=O.CC.CC1=C/CN(C)CPC(C)/C=C\1. The van der Waals surface area contributed by atoms with Gasteiger partial charge in [-0.25, -0.2) is 0 Å². The van der Waals surface area contributed by atoms with Crippen LogP contribution in [0.3, 0.4) is 0 Å². The molecule has 0 aromatic carbocycles. The summed E-state index contributed by atoms with van der Waals surface area (Å²) in [7, 11) is 3.22. The van der Waals surface area contributed by atoms with Gasteiger partial charge in [0.15, 0.2) is 0 Å². The van der Waals surface area contributed by atoms with Gasteiger partial charge in [0.25, 0.3) is 0 Å². The fraction of sp³-hybridized carbons (Fsp3) is 0.533. The van der Waals surface area contributed by atoms with Crippen LogP contribution in [0.25, 0.3) is 0 Å². The molecule has 0 N–H and O–H groups in total. The maximum atomic E-state index is 8.00. The van der Waals surface area contributed by atoms with E-state index in [0.717, 1.165) is 20.8 Å². The van der Waals surface area contributed by atoms with Crippen LogP contribution in [0.15, 0.2) is 23.8 Å². The summed E-state index contributed by atoms with van der Waals surface area (Å²) in [5.74, 6) is 0. The van der Waals surface area contributed by atoms with Gasteiger partial charge in [0, 0.05) is 12.8 Å². The van der Waals surface area contributed by atoms with E-state index in [2.05, 4.69) is 56.9 Å². The molecule has 2 atom stereocenters. The lowest BCUT2D eigenvalue weighted by Gasteiger charge is -2.15. The van der Waals surface area contributed by atoms with E-state index in [0.29, 0.717) is 0 Å². The number of hydrogen-bond acceptors (Lipinski definition) is 2. The van der Waals surface area contributed by atoms with Gasteiger partial charge in [0.1, 0.15) is 6.79 Å². The zero-order valence-corrected chi connectivity index (χ0v) is 13.4. The molecule has 0 saturated carbocycles. The number of hydrogen-bond donors (Lipinski definition) is 0. The summed E-state index contributed by atoms with van der Waals surface area (Å²) in [6.45, 7) is 11.6. The van der Waals surface area contributed by atoms with Crippen molar-refractivity contribution in [3.63, 3.8) is 0 Å². The minimum absolute atomic E-state index is 0.744. The van der Waals surface area contributed by atoms with Crippen molar-refractivity contribution < 1.29 is 4.79 Å². The van der Waals surface area contributed by atoms with Crippen molar-refractivity contribution in [3.8, 4) is 12.8 Å². The van der Waals surface area contributed by atoms with E-state index in [1.807, 2.05) is 20.6 Å². The van der Waals surface area contributed by atoms with Gasteiger partial charge in [-0.1, -0.05) is 44.6 Å². The van der Waals surface area contributed by atoms with Crippen LogP contribution in [0.2, 0.25) is 0 Å². The molecule has 1 heterocycles. The minimum atomic E-state index is 0.744. The lowest BCUT2D eigenvalue weighted by atomic mass is 10.2. The van der Waals surface area contributed by atoms with Gasteiger partial charge in [0.05, 0.1) is 0 Å². The Labute approximate surface area is 115 Å². The number of terminal acetylenes is 1. The van der Waals surface area contributed by atoms with Gasteiger partial charge in [-0.15, -0.1) is 21.4 Å². The van der Waals surface area contributed by atoms with Crippen molar-refractivity contribution in [3.05, 3.63) is 23.8 Å². The first-order valence-corrected chi connectivity index (χ1v) is 7.36. The summed E-state index contributed by atoms with van der Waals surface area (Å²) < 4.78 is 0. The first-order chi connectivity index (χ1) is 8.68.